The maximum Gasteiger partial charge on any atom is 0.254 e. The number of anilines is 6. The number of aromatic nitrogens is 8. The molecule has 0 spiro atoms. The van der Waals surface area contributed by atoms with Crippen molar-refractivity contribution in [3.8, 4) is 0 Å². The van der Waals surface area contributed by atoms with Crippen LogP contribution in [0.1, 0.15) is 103 Å². The molecule has 1 saturated carbocycles. The number of carbonyl (C=O) groups excluding carboxylic acids is 2. The van der Waals surface area contributed by atoms with E-state index in [0.717, 1.165) is 0 Å². The van der Waals surface area contributed by atoms with Crippen LogP contribution in [0.2, 0.25) is 5.02 Å². The highest BCUT2D eigenvalue weighted by Crippen LogP contribution is 2.30. The van der Waals surface area contributed by atoms with Crippen LogP contribution in [-0.4, -0.2) is 110 Å². The molecular formula is C46H63ClF2N14O4. The van der Waals surface area contributed by atoms with Crippen molar-refractivity contribution in [2.75, 3.05) is 40.9 Å². The van der Waals surface area contributed by atoms with Gasteiger partial charge in [0.2, 0.25) is 0 Å². The van der Waals surface area contributed by atoms with Gasteiger partial charge >= 0.3 is 0 Å². The van der Waals surface area contributed by atoms with Gasteiger partial charge in [0, 0.05) is 80.5 Å². The first-order valence-corrected chi connectivity index (χ1v) is 22.6. The van der Waals surface area contributed by atoms with Gasteiger partial charge in [0.05, 0.1) is 46.1 Å². The summed E-state index contributed by atoms with van der Waals surface area (Å²) in [5, 5.41) is 46.9. The number of amides is 2. The fourth-order valence-electron chi connectivity index (χ4n) is 6.10. The zero-order chi connectivity index (χ0) is 49.3. The number of rotatable bonds is 17. The molecule has 6 aromatic heterocycles. The van der Waals surface area contributed by atoms with Gasteiger partial charge in [-0.2, -0.15) is 10.2 Å². The predicted molar refractivity (Wildman–Crippen MR) is 258 cm³/mol. The molecule has 2 amide bonds. The van der Waals surface area contributed by atoms with Crippen molar-refractivity contribution in [2.45, 2.75) is 111 Å². The second kappa shape index (κ2) is 22.0. The third kappa shape index (κ3) is 14.6. The van der Waals surface area contributed by atoms with Gasteiger partial charge in [-0.3, -0.25) is 9.59 Å². The van der Waals surface area contributed by atoms with E-state index in [2.05, 4.69) is 62.0 Å². The van der Waals surface area contributed by atoms with Crippen molar-refractivity contribution < 1.29 is 28.6 Å². The van der Waals surface area contributed by atoms with E-state index in [1.165, 1.54) is 32.4 Å². The molecule has 1 aliphatic rings. The maximum absolute atomic E-state index is 14.1. The minimum Gasteiger partial charge on any atom is -0.390 e. The average molecular weight is 950 g/mol. The van der Waals surface area contributed by atoms with Crippen LogP contribution in [0.5, 0.6) is 0 Å². The highest BCUT2D eigenvalue weighted by atomic mass is 35.5. The van der Waals surface area contributed by atoms with Crippen LogP contribution in [0.3, 0.4) is 0 Å². The average Bonchev–Trinajstić information content (AvgIpc) is 3.89. The van der Waals surface area contributed by atoms with E-state index in [0.29, 0.717) is 75.9 Å². The summed E-state index contributed by atoms with van der Waals surface area (Å²) >= 11 is 6.10. The number of hydrogen-bond donors (Lipinski definition) is 8. The fourth-order valence-corrected chi connectivity index (χ4v) is 6.28. The van der Waals surface area contributed by atoms with Crippen molar-refractivity contribution >= 4 is 69.4 Å². The lowest BCUT2D eigenvalue weighted by atomic mass is 9.90. The molecule has 0 unspecified atom stereocenters. The molecule has 362 valence electrons. The molecule has 6 heterocycles. The first kappa shape index (κ1) is 51.7. The lowest BCUT2D eigenvalue weighted by Crippen LogP contribution is -2.40. The number of pyridine rings is 2. The van der Waals surface area contributed by atoms with Crippen molar-refractivity contribution in [1.29, 1.82) is 0 Å². The summed E-state index contributed by atoms with van der Waals surface area (Å²) in [7, 11) is 0. The van der Waals surface area contributed by atoms with Gasteiger partial charge in [-0.1, -0.05) is 39.3 Å². The van der Waals surface area contributed by atoms with Gasteiger partial charge in [-0.15, -0.1) is 0 Å². The highest BCUT2D eigenvalue weighted by molar-refractivity contribution is 6.33. The van der Waals surface area contributed by atoms with Crippen molar-refractivity contribution in [3.05, 3.63) is 83.7 Å². The number of alkyl halides is 2. The fraction of sp³-hybridized carbons (Fsp3) is 0.478. The number of fused-ring (bicyclic) bond motifs is 2. The second-order valence-electron chi connectivity index (χ2n) is 18.0. The molecule has 0 aliphatic heterocycles. The molecule has 0 saturated heterocycles. The SMILES string of the molecule is CC.C[C@H](CNC(=O)c1cnc(Nc2ccn3ncc(Cl)c3n2)cc1NCC(C)(C)F)C(C)(C)O.C[C@H](CNC(=O)c1cnc(Nc2ccn3nccc3n2)cc1NC1CC(F)C1)C(C)(C)O. The molecule has 1 aliphatic carbocycles. The first-order valence-electron chi connectivity index (χ1n) is 22.2. The summed E-state index contributed by atoms with van der Waals surface area (Å²) in [6, 6.07) is 8.56. The maximum atomic E-state index is 14.1. The predicted octanol–water partition coefficient (Wildman–Crippen LogP) is 7.76. The third-order valence-corrected chi connectivity index (χ3v) is 11.3. The van der Waals surface area contributed by atoms with E-state index in [1.54, 1.807) is 85.6 Å². The van der Waals surface area contributed by atoms with E-state index < -0.39 is 23.0 Å². The molecule has 2 atom stereocenters. The van der Waals surface area contributed by atoms with Crippen molar-refractivity contribution in [1.82, 2.24) is 49.8 Å². The molecule has 21 heteroatoms. The van der Waals surface area contributed by atoms with Crippen LogP contribution >= 0.6 is 11.6 Å². The lowest BCUT2D eigenvalue weighted by molar-refractivity contribution is 0.0245. The van der Waals surface area contributed by atoms with Gasteiger partial charge in [0.25, 0.3) is 11.8 Å². The van der Waals surface area contributed by atoms with Gasteiger partial charge in [-0.25, -0.2) is 37.7 Å². The molecule has 6 aromatic rings. The van der Waals surface area contributed by atoms with Gasteiger partial charge in [0.15, 0.2) is 11.3 Å². The number of aliphatic hydroxyl groups is 2. The Morgan fingerprint density at radius 2 is 1.30 bits per heavy atom. The van der Waals surface area contributed by atoms with E-state index in [4.69, 9.17) is 11.6 Å². The molecule has 67 heavy (non-hydrogen) atoms. The normalized spacial score (nSPS) is 15.7. The molecule has 0 radical (unpaired) electrons. The Bertz CT molecular complexity index is 2600. The van der Waals surface area contributed by atoms with Crippen LogP contribution in [0.4, 0.5) is 43.4 Å². The van der Waals surface area contributed by atoms with Crippen LogP contribution in [0.15, 0.2) is 67.5 Å². The van der Waals surface area contributed by atoms with Crippen LogP contribution in [0, 0.1) is 11.8 Å². The summed E-state index contributed by atoms with van der Waals surface area (Å²) in [6.45, 7) is 18.0. The molecule has 18 nitrogen and oxygen atoms in total. The topological polar surface area (TPSA) is 233 Å². The molecule has 7 rings (SSSR count). The molecule has 1 fully saturated rings. The van der Waals surface area contributed by atoms with E-state index in [-0.39, 0.29) is 48.3 Å². The zero-order valence-corrected chi connectivity index (χ0v) is 40.4. The first-order chi connectivity index (χ1) is 31.5. The minimum absolute atomic E-state index is 0.00749. The largest absolute Gasteiger partial charge is 0.390 e. The Kier molecular flexibility index (Phi) is 17.0. The number of hydrogen-bond acceptors (Lipinski definition) is 14. The Balaban J connectivity index is 0.000000242. The van der Waals surface area contributed by atoms with Gasteiger partial charge < -0.3 is 42.1 Å². The monoisotopic (exact) mass is 948 g/mol. The summed E-state index contributed by atoms with van der Waals surface area (Å²) in [6.07, 6.45) is 9.53. The Morgan fingerprint density at radius 1 is 0.776 bits per heavy atom. The number of halogens is 3. The van der Waals surface area contributed by atoms with Crippen molar-refractivity contribution in [2.24, 2.45) is 11.8 Å². The number of nitrogens with one attached hydrogen (secondary N) is 6. The summed E-state index contributed by atoms with van der Waals surface area (Å²) in [5.41, 5.74) is -0.573. The quantitative estimate of drug-likeness (QED) is 0.0437. The standard InChI is InChI=1S/C22H29ClFN7O2.C22H28FN7O2.C2H6/c1-13(22(4,5)33)9-26-20(32)14-10-25-18(8-16(14)27-12-21(2,3)24)29-17-6-7-31-19(30-17)15(23)11-28-31;1-13(22(2,3)32)11-25-21(31)16-12-24-19(10-17(16)27-15-8-14(23)9-15)28-18-5-7-30-20(29-18)4-6-26-30;1-2/h6-8,10-11,13,33H,9,12H2,1-5H3,(H,26,32)(H2,25,27,29,30);4-7,10,12-15,32H,8-9,11H2,1-3H3,(H,25,31)(H2,24,27,28,29);1-2H3/t13-;13-,14?,15?;/m11./s1. The molecular weight excluding hydrogens is 886 g/mol. The van der Waals surface area contributed by atoms with Gasteiger partial charge in [0.1, 0.15) is 40.1 Å². The van der Waals surface area contributed by atoms with Crippen LogP contribution in [0.25, 0.3) is 11.3 Å². The van der Waals surface area contributed by atoms with E-state index in [1.807, 2.05) is 27.7 Å². The Morgan fingerprint density at radius 3 is 1.84 bits per heavy atom. The number of nitrogens with zero attached hydrogens (tertiary/aromatic N) is 8. The summed E-state index contributed by atoms with van der Waals surface area (Å²) in [4.78, 5) is 43.2. The minimum atomic E-state index is -1.49. The summed E-state index contributed by atoms with van der Waals surface area (Å²) in [5.74, 6) is 0.968. The third-order valence-electron chi connectivity index (χ3n) is 11.1. The Hall–Kier alpha value is -6.25. The molecule has 0 aromatic carbocycles. The molecule has 0 bridgehead atoms. The smallest absolute Gasteiger partial charge is 0.254 e. The van der Waals surface area contributed by atoms with E-state index in [9.17, 15) is 28.6 Å². The summed E-state index contributed by atoms with van der Waals surface area (Å²) < 4.78 is 30.7. The second-order valence-corrected chi connectivity index (χ2v) is 18.4. The van der Waals surface area contributed by atoms with Gasteiger partial charge in [-0.05, 0) is 66.5 Å². The molecule has 8 N–H and O–H groups in total. The Labute approximate surface area is 394 Å². The number of carbonyl (C=O) groups is 2. The van der Waals surface area contributed by atoms with Crippen LogP contribution in [-0.2, 0) is 0 Å². The van der Waals surface area contributed by atoms with Crippen molar-refractivity contribution in [3.63, 3.8) is 0 Å². The van der Waals surface area contributed by atoms with Crippen LogP contribution < -0.4 is 31.9 Å². The lowest BCUT2D eigenvalue weighted by Gasteiger charge is -2.32. The zero-order valence-electron chi connectivity index (χ0n) is 39.6. The van der Waals surface area contributed by atoms with E-state index >= 15 is 0 Å². The highest BCUT2D eigenvalue weighted by Gasteiger charge is 2.30.